The van der Waals surface area contributed by atoms with Crippen molar-refractivity contribution in [2.75, 3.05) is 14.1 Å². The molecule has 6 aliphatic rings. The predicted molar refractivity (Wildman–Crippen MR) is 220 cm³/mol. The number of hydrogen-bond acceptors (Lipinski definition) is 15. The zero-order chi connectivity index (χ0) is 45.8. The Bertz CT molecular complexity index is 2820. The molecule has 0 unspecified atom stereocenters. The van der Waals surface area contributed by atoms with Gasteiger partial charge in [-0.25, -0.2) is 0 Å². The Morgan fingerprint density at radius 1 is 0.714 bits per heavy atom. The zero-order valence-corrected chi connectivity index (χ0v) is 34.2. The van der Waals surface area contributed by atoms with E-state index in [1.165, 1.54) is 17.0 Å². The fourth-order valence-electron chi connectivity index (χ4n) is 10.6. The summed E-state index contributed by atoms with van der Waals surface area (Å²) >= 11 is 0. The highest BCUT2D eigenvalue weighted by Gasteiger charge is 2.64. The summed E-state index contributed by atoms with van der Waals surface area (Å²) in [5.41, 5.74) is -0.650. The number of carbonyl (C=O) groups excluding carboxylic acids is 6. The van der Waals surface area contributed by atoms with Gasteiger partial charge in [0, 0.05) is 53.4 Å². The molecule has 324 valence electrons. The lowest BCUT2D eigenvalue weighted by Crippen LogP contribution is -2.65. The number of Topliss-reactive ketones (excluding diaryl/α,β-unsaturated/α-hetero) is 5. The fraction of sp³-hybridized carbons (Fsp3) is 0.362. The number of benzene rings is 2. The van der Waals surface area contributed by atoms with Crippen LogP contribution in [0.2, 0.25) is 0 Å². The average Bonchev–Trinajstić information content (AvgIpc) is 3.20. The summed E-state index contributed by atoms with van der Waals surface area (Å²) in [7, 11) is 3.11. The summed E-state index contributed by atoms with van der Waals surface area (Å²) in [5.74, 6) is -1.71. The molecule has 0 radical (unpaired) electrons. The number of phenolic OH excluding ortho intramolecular Hbond substituents is 2. The maximum Gasteiger partial charge on any atom is 0.255 e. The molecule has 0 saturated heterocycles. The number of nitrogens with zero attached hydrogens (tertiary/aromatic N) is 1. The van der Waals surface area contributed by atoms with E-state index >= 15 is 0 Å². The first-order chi connectivity index (χ1) is 29.7. The van der Waals surface area contributed by atoms with Crippen LogP contribution < -0.4 is 5.73 Å². The number of amides is 1. The molecule has 6 aliphatic carbocycles. The minimum atomic E-state index is -2.69. The number of phenols is 2. The van der Waals surface area contributed by atoms with Gasteiger partial charge in [-0.15, -0.1) is 0 Å². The van der Waals surface area contributed by atoms with Crippen LogP contribution in [0, 0.1) is 47.4 Å². The molecule has 2 aromatic carbocycles. The third kappa shape index (κ3) is 6.04. The maximum atomic E-state index is 14.2. The molecule has 0 spiro atoms. The van der Waals surface area contributed by atoms with Crippen LogP contribution in [-0.4, -0.2) is 112 Å². The van der Waals surface area contributed by atoms with Crippen LogP contribution in [0.25, 0.3) is 11.5 Å². The Hall–Kier alpha value is -6.98. The zero-order valence-electron chi connectivity index (χ0n) is 34.2. The number of aliphatic hydroxyl groups is 6. The van der Waals surface area contributed by atoms with Gasteiger partial charge in [-0.3, -0.25) is 33.7 Å². The van der Waals surface area contributed by atoms with Crippen molar-refractivity contribution in [3.63, 3.8) is 0 Å². The number of primary amides is 1. The highest BCUT2D eigenvalue weighted by Crippen LogP contribution is 2.54. The Morgan fingerprint density at radius 3 is 1.67 bits per heavy atom. The molecule has 7 atom stereocenters. The minimum absolute atomic E-state index is 0.0319. The van der Waals surface area contributed by atoms with Gasteiger partial charge in [0.1, 0.15) is 45.7 Å². The van der Waals surface area contributed by atoms with E-state index in [0.29, 0.717) is 22.3 Å². The van der Waals surface area contributed by atoms with Crippen molar-refractivity contribution in [3.05, 3.63) is 91.5 Å². The van der Waals surface area contributed by atoms with Crippen LogP contribution in [0.3, 0.4) is 0 Å². The summed E-state index contributed by atoms with van der Waals surface area (Å²) in [5, 5.41) is 90.0. The van der Waals surface area contributed by atoms with Crippen molar-refractivity contribution in [2.24, 2.45) is 29.4 Å². The van der Waals surface area contributed by atoms with Gasteiger partial charge in [0.05, 0.1) is 17.2 Å². The van der Waals surface area contributed by atoms with Gasteiger partial charge < -0.3 is 46.6 Å². The summed E-state index contributed by atoms with van der Waals surface area (Å²) < 4.78 is 0. The first kappa shape index (κ1) is 42.7. The normalized spacial score (nSPS) is 28.5. The molecule has 0 aliphatic heterocycles. The van der Waals surface area contributed by atoms with Gasteiger partial charge in [-0.2, -0.15) is 0 Å². The second-order valence-corrected chi connectivity index (χ2v) is 17.1. The molecular weight excluding hydrogens is 817 g/mol. The van der Waals surface area contributed by atoms with Crippen LogP contribution >= 0.6 is 0 Å². The molecule has 2 saturated carbocycles. The third-order valence-electron chi connectivity index (χ3n) is 13.5. The number of aromatic hydroxyl groups is 2. The van der Waals surface area contributed by atoms with Crippen molar-refractivity contribution in [1.29, 1.82) is 0 Å². The van der Waals surface area contributed by atoms with E-state index in [0.717, 1.165) is 6.92 Å². The van der Waals surface area contributed by atoms with Crippen LogP contribution in [-0.2, 0) is 41.6 Å². The van der Waals surface area contributed by atoms with Crippen LogP contribution in [0.5, 0.6) is 11.5 Å². The molecule has 2 fully saturated rings. The SMILES string of the molecule is CC(=O)C1=C(O)[C@@]2(O)C(=O)C3=C(O)c4c(O)ccc(C#CCCC#Cc5ccc(O)c6c5C[C@H]5C[C@H]7CC(=O)C(C(N)=O)=C(O)[C@@]7(O)C(=O)C5=C6O)c4C[C@H]3C[C@H]2[C@H](N(C)C)C1=O. The van der Waals surface area contributed by atoms with Crippen LogP contribution in [0.4, 0.5) is 0 Å². The van der Waals surface area contributed by atoms with Gasteiger partial charge in [0.2, 0.25) is 11.6 Å². The molecule has 0 bridgehead atoms. The Labute approximate surface area is 359 Å². The quantitative estimate of drug-likeness (QED) is 0.121. The summed E-state index contributed by atoms with van der Waals surface area (Å²) in [6.45, 7) is 1.04. The monoisotopic (exact) mass is 858 g/mol. The van der Waals surface area contributed by atoms with Crippen molar-refractivity contribution >= 4 is 46.3 Å². The molecule has 0 heterocycles. The van der Waals surface area contributed by atoms with E-state index < -0.39 is 116 Å². The molecule has 10 N–H and O–H groups in total. The van der Waals surface area contributed by atoms with E-state index in [4.69, 9.17) is 5.73 Å². The molecule has 2 aromatic rings. The number of hydrogen-bond donors (Lipinski definition) is 9. The Balaban J connectivity index is 1.06. The average molecular weight is 859 g/mol. The first-order valence-electron chi connectivity index (χ1n) is 20.2. The number of aliphatic hydroxyl groups excluding tert-OH is 4. The molecular formula is C47H42N2O14. The van der Waals surface area contributed by atoms with Gasteiger partial charge in [0.15, 0.2) is 28.6 Å². The number of fused-ring (bicyclic) bond motifs is 6. The number of ketones is 5. The van der Waals surface area contributed by atoms with Crippen molar-refractivity contribution in [1.82, 2.24) is 4.90 Å². The summed E-state index contributed by atoms with van der Waals surface area (Å²) in [6.07, 6.45) is 0.0983. The lowest BCUT2D eigenvalue weighted by molar-refractivity contribution is -0.154. The van der Waals surface area contributed by atoms with E-state index in [9.17, 15) is 69.6 Å². The summed E-state index contributed by atoms with van der Waals surface area (Å²) in [4.78, 5) is 80.0. The molecule has 8 rings (SSSR count). The standard InChI is InChI=1S/C47H42N2O14/c1-19(50)31-40(56)37(49(2)3)27-17-23-16-26-21(11-13-29(52)35(26)39(55)33(23)43(59)47(27,63)41(31)57)9-7-5-4-6-8-20-10-12-28(51)34-25(20)15-22-14-24-18-30(53)36(45(48)61)44(60)46(24,62)42(58)32(22)38(34)54/h10-13,22-24,27,37,51-52,54-55,57,60,62-63H,4-5,14-18H2,1-3H3,(H2,48,61)/t22-,23+,24+,27+,37+,46+,47-/m1/s1. The lowest BCUT2D eigenvalue weighted by Gasteiger charge is -2.50. The lowest BCUT2D eigenvalue weighted by atomic mass is 9.57. The smallest absolute Gasteiger partial charge is 0.255 e. The largest absolute Gasteiger partial charge is 0.508 e. The molecule has 63 heavy (non-hydrogen) atoms. The second-order valence-electron chi connectivity index (χ2n) is 17.1. The van der Waals surface area contributed by atoms with Gasteiger partial charge in [0.25, 0.3) is 5.91 Å². The van der Waals surface area contributed by atoms with Gasteiger partial charge >= 0.3 is 0 Å². The molecule has 16 nitrogen and oxygen atoms in total. The molecule has 1 amide bonds. The minimum Gasteiger partial charge on any atom is -0.508 e. The fourth-order valence-corrected chi connectivity index (χ4v) is 10.6. The number of rotatable bonds is 4. The third-order valence-corrected chi connectivity index (χ3v) is 13.5. The Kier molecular flexibility index (Phi) is 10.1. The van der Waals surface area contributed by atoms with Crippen LogP contribution in [0.15, 0.2) is 58.1 Å². The number of nitrogens with two attached hydrogens (primary N) is 1. The summed E-state index contributed by atoms with van der Waals surface area (Å²) in [6, 6.07) is 4.53. The highest BCUT2D eigenvalue weighted by molar-refractivity contribution is 6.25. The van der Waals surface area contributed by atoms with Crippen LogP contribution in [0.1, 0.15) is 72.4 Å². The van der Waals surface area contributed by atoms with E-state index in [1.54, 1.807) is 26.2 Å². The highest BCUT2D eigenvalue weighted by atomic mass is 16.4. The number of unbranched alkanes of at least 4 members (excludes halogenated alkanes) is 1. The van der Waals surface area contributed by atoms with E-state index in [2.05, 4.69) is 23.7 Å². The number of likely N-dealkylation sites (N-methyl/N-ethyl adjacent to an activating group) is 1. The topological polar surface area (TPSA) is 294 Å². The number of carbonyl (C=O) groups is 6. The Morgan fingerprint density at radius 2 is 1.19 bits per heavy atom. The van der Waals surface area contributed by atoms with Gasteiger partial charge in [-0.1, -0.05) is 23.7 Å². The van der Waals surface area contributed by atoms with E-state index in [-0.39, 0.29) is 72.3 Å². The van der Waals surface area contributed by atoms with Crippen molar-refractivity contribution in [2.45, 2.75) is 69.1 Å². The second kappa shape index (κ2) is 14.8. The molecule has 0 aromatic heterocycles. The van der Waals surface area contributed by atoms with Gasteiger partial charge in [-0.05, 0) is 93.9 Å². The predicted octanol–water partition coefficient (Wildman–Crippen LogP) is 1.99. The van der Waals surface area contributed by atoms with E-state index in [1.807, 2.05) is 0 Å². The maximum absolute atomic E-state index is 14.2. The van der Waals surface area contributed by atoms with Crippen molar-refractivity contribution < 1.29 is 69.6 Å². The molecule has 16 heteroatoms. The van der Waals surface area contributed by atoms with Crippen molar-refractivity contribution in [3.8, 4) is 35.2 Å². The first-order valence-corrected chi connectivity index (χ1v) is 20.2.